The quantitative estimate of drug-likeness (QED) is 0.820. The van der Waals surface area contributed by atoms with Crippen LogP contribution in [-0.4, -0.2) is 37.3 Å². The molecule has 2 rings (SSSR count). The maximum absolute atomic E-state index is 11.5. The van der Waals surface area contributed by atoms with E-state index in [2.05, 4.69) is 10.3 Å². The van der Waals surface area contributed by atoms with Crippen LogP contribution in [-0.2, 0) is 14.6 Å². The summed E-state index contributed by atoms with van der Waals surface area (Å²) in [4.78, 5) is 15.0. The first kappa shape index (κ1) is 12.8. The number of carboxylic acids is 1. The molecular formula is C11H14N2O4S. The van der Waals surface area contributed by atoms with E-state index in [-0.39, 0.29) is 17.3 Å². The van der Waals surface area contributed by atoms with Crippen LogP contribution in [0, 0.1) is 5.41 Å². The Labute approximate surface area is 105 Å². The number of pyridine rings is 1. The van der Waals surface area contributed by atoms with Crippen LogP contribution >= 0.6 is 0 Å². The van der Waals surface area contributed by atoms with Crippen LogP contribution in [0.4, 0.5) is 5.82 Å². The number of carboxylic acid groups (broad SMARTS) is 1. The van der Waals surface area contributed by atoms with Gasteiger partial charge in [0, 0.05) is 19.0 Å². The zero-order valence-corrected chi connectivity index (χ0v) is 10.7. The Morgan fingerprint density at radius 2 is 2.22 bits per heavy atom. The van der Waals surface area contributed by atoms with E-state index in [1.54, 1.807) is 0 Å². The van der Waals surface area contributed by atoms with Crippen LogP contribution in [0.15, 0.2) is 23.2 Å². The number of aliphatic carboxylic acids is 1. The predicted octanol–water partition coefficient (Wildman–Crippen LogP) is 0.762. The highest BCUT2D eigenvalue weighted by Crippen LogP contribution is 2.45. The Morgan fingerprint density at radius 3 is 2.72 bits per heavy atom. The van der Waals surface area contributed by atoms with Gasteiger partial charge in [0.1, 0.15) is 10.7 Å². The molecule has 1 aliphatic carbocycles. The highest BCUT2D eigenvalue weighted by atomic mass is 32.2. The molecule has 2 N–H and O–H groups in total. The second kappa shape index (κ2) is 4.24. The maximum atomic E-state index is 11.5. The number of aromatic nitrogens is 1. The van der Waals surface area contributed by atoms with Crippen molar-refractivity contribution in [1.29, 1.82) is 0 Å². The molecule has 7 heteroatoms. The molecular weight excluding hydrogens is 256 g/mol. The van der Waals surface area contributed by atoms with Gasteiger partial charge < -0.3 is 10.4 Å². The Hall–Kier alpha value is -1.63. The van der Waals surface area contributed by atoms with Gasteiger partial charge in [-0.2, -0.15) is 0 Å². The lowest BCUT2D eigenvalue weighted by Gasteiger charge is -2.13. The lowest BCUT2D eigenvalue weighted by Crippen LogP contribution is -2.25. The SMILES string of the molecule is CS(=O)(=O)c1cccnc1NCC1(C(=O)O)CC1. The van der Waals surface area contributed by atoms with E-state index in [0.717, 1.165) is 6.26 Å². The number of nitrogens with one attached hydrogen (secondary N) is 1. The Bertz CT molecular complexity index is 578. The monoisotopic (exact) mass is 270 g/mol. The number of anilines is 1. The summed E-state index contributed by atoms with van der Waals surface area (Å²) in [6, 6.07) is 2.98. The van der Waals surface area contributed by atoms with Crippen molar-refractivity contribution in [2.24, 2.45) is 5.41 Å². The van der Waals surface area contributed by atoms with Crippen molar-refractivity contribution < 1.29 is 18.3 Å². The van der Waals surface area contributed by atoms with Crippen LogP contribution in [0.1, 0.15) is 12.8 Å². The molecule has 0 saturated heterocycles. The van der Waals surface area contributed by atoms with Gasteiger partial charge in [0.15, 0.2) is 9.84 Å². The Balaban J connectivity index is 2.18. The van der Waals surface area contributed by atoms with Gasteiger partial charge in [-0.3, -0.25) is 4.79 Å². The molecule has 1 aliphatic rings. The summed E-state index contributed by atoms with van der Waals surface area (Å²) in [7, 11) is -3.37. The third-order valence-electron chi connectivity index (χ3n) is 3.07. The second-order valence-electron chi connectivity index (χ2n) is 4.56. The minimum atomic E-state index is -3.37. The number of carbonyl (C=O) groups is 1. The fraction of sp³-hybridized carbons (Fsp3) is 0.455. The van der Waals surface area contributed by atoms with E-state index in [9.17, 15) is 13.2 Å². The molecule has 0 unspecified atom stereocenters. The number of nitrogens with zero attached hydrogens (tertiary/aromatic N) is 1. The van der Waals surface area contributed by atoms with Crippen molar-refractivity contribution >= 4 is 21.6 Å². The number of hydrogen-bond acceptors (Lipinski definition) is 5. The van der Waals surface area contributed by atoms with Gasteiger partial charge in [-0.1, -0.05) is 0 Å². The van der Waals surface area contributed by atoms with Crippen molar-refractivity contribution in [1.82, 2.24) is 4.98 Å². The van der Waals surface area contributed by atoms with Crippen LogP contribution in [0.3, 0.4) is 0 Å². The molecule has 0 aliphatic heterocycles. The zero-order valence-electron chi connectivity index (χ0n) is 9.88. The smallest absolute Gasteiger partial charge is 0.311 e. The standard InChI is InChI=1S/C11H14N2O4S/c1-18(16,17)8-3-2-6-12-9(8)13-7-11(4-5-11)10(14)15/h2-3,6H,4-5,7H2,1H3,(H,12,13)(H,14,15). The number of hydrogen-bond donors (Lipinski definition) is 2. The van der Waals surface area contributed by atoms with Gasteiger partial charge in [0.2, 0.25) is 0 Å². The first-order valence-electron chi connectivity index (χ1n) is 5.47. The fourth-order valence-electron chi connectivity index (χ4n) is 1.69. The molecule has 1 aromatic heterocycles. The number of rotatable bonds is 5. The van der Waals surface area contributed by atoms with Gasteiger partial charge in [-0.05, 0) is 25.0 Å². The van der Waals surface area contributed by atoms with Crippen molar-refractivity contribution in [3.05, 3.63) is 18.3 Å². The molecule has 0 atom stereocenters. The lowest BCUT2D eigenvalue weighted by molar-refractivity contribution is -0.142. The Morgan fingerprint density at radius 1 is 1.56 bits per heavy atom. The van der Waals surface area contributed by atoms with E-state index in [1.165, 1.54) is 18.3 Å². The van der Waals surface area contributed by atoms with Gasteiger partial charge >= 0.3 is 5.97 Å². The van der Waals surface area contributed by atoms with Gasteiger partial charge in [0.05, 0.1) is 5.41 Å². The third kappa shape index (κ3) is 2.45. The molecule has 1 heterocycles. The molecule has 0 amide bonds. The first-order chi connectivity index (χ1) is 8.35. The summed E-state index contributed by atoms with van der Waals surface area (Å²) in [5.74, 6) is -0.639. The molecule has 0 spiro atoms. The largest absolute Gasteiger partial charge is 0.481 e. The summed E-state index contributed by atoms with van der Waals surface area (Å²) in [5, 5.41) is 11.9. The van der Waals surface area contributed by atoms with Crippen LogP contribution < -0.4 is 5.32 Å². The fourth-order valence-corrected chi connectivity index (χ4v) is 2.49. The third-order valence-corrected chi connectivity index (χ3v) is 4.20. The summed E-state index contributed by atoms with van der Waals surface area (Å²) in [6.45, 7) is 0.196. The minimum absolute atomic E-state index is 0.0891. The summed E-state index contributed by atoms with van der Waals surface area (Å²) in [5.41, 5.74) is -0.758. The highest BCUT2D eigenvalue weighted by molar-refractivity contribution is 7.90. The maximum Gasteiger partial charge on any atom is 0.311 e. The summed E-state index contributed by atoms with van der Waals surface area (Å²) < 4.78 is 23.1. The van der Waals surface area contributed by atoms with Gasteiger partial charge in [-0.15, -0.1) is 0 Å². The van der Waals surface area contributed by atoms with E-state index >= 15 is 0 Å². The van der Waals surface area contributed by atoms with Crippen LogP contribution in [0.2, 0.25) is 0 Å². The van der Waals surface area contributed by atoms with Crippen LogP contribution in [0.25, 0.3) is 0 Å². The highest BCUT2D eigenvalue weighted by Gasteiger charge is 2.50. The Kier molecular flexibility index (Phi) is 3.02. The van der Waals surface area contributed by atoms with Crippen LogP contribution in [0.5, 0.6) is 0 Å². The molecule has 18 heavy (non-hydrogen) atoms. The second-order valence-corrected chi connectivity index (χ2v) is 6.55. The van der Waals surface area contributed by atoms with E-state index in [4.69, 9.17) is 5.11 Å². The molecule has 98 valence electrons. The molecule has 1 fully saturated rings. The molecule has 1 saturated carbocycles. The van der Waals surface area contributed by atoms with Crippen molar-refractivity contribution in [2.45, 2.75) is 17.7 Å². The molecule has 1 aromatic rings. The van der Waals surface area contributed by atoms with E-state index in [0.29, 0.717) is 12.8 Å². The lowest BCUT2D eigenvalue weighted by atomic mass is 10.1. The molecule has 0 radical (unpaired) electrons. The average Bonchev–Trinajstić information content (AvgIpc) is 3.06. The van der Waals surface area contributed by atoms with Crippen molar-refractivity contribution in [3.8, 4) is 0 Å². The normalized spacial score (nSPS) is 17.2. The van der Waals surface area contributed by atoms with E-state index < -0.39 is 21.2 Å². The first-order valence-corrected chi connectivity index (χ1v) is 7.37. The van der Waals surface area contributed by atoms with Gasteiger partial charge in [-0.25, -0.2) is 13.4 Å². The topological polar surface area (TPSA) is 96.4 Å². The average molecular weight is 270 g/mol. The summed E-state index contributed by atoms with van der Waals surface area (Å²) in [6.07, 6.45) is 3.78. The van der Waals surface area contributed by atoms with Crippen molar-refractivity contribution in [2.75, 3.05) is 18.1 Å². The van der Waals surface area contributed by atoms with E-state index in [1.807, 2.05) is 0 Å². The summed E-state index contributed by atoms with van der Waals surface area (Å²) >= 11 is 0. The molecule has 6 nitrogen and oxygen atoms in total. The number of sulfone groups is 1. The van der Waals surface area contributed by atoms with Gasteiger partial charge in [0.25, 0.3) is 0 Å². The predicted molar refractivity (Wildman–Crippen MR) is 65.1 cm³/mol. The minimum Gasteiger partial charge on any atom is -0.481 e. The molecule has 0 bridgehead atoms. The van der Waals surface area contributed by atoms with Crippen molar-refractivity contribution in [3.63, 3.8) is 0 Å². The molecule has 0 aromatic carbocycles. The zero-order chi connectivity index (χ0) is 13.4.